The Bertz CT molecular complexity index is 379. The molecule has 3 saturated carbocycles. The van der Waals surface area contributed by atoms with Crippen LogP contribution >= 0.6 is 23.5 Å². The highest BCUT2D eigenvalue weighted by molar-refractivity contribution is 8.21. The van der Waals surface area contributed by atoms with Gasteiger partial charge >= 0.3 is 0 Å². The lowest BCUT2D eigenvalue weighted by molar-refractivity contribution is 0.00145. The Balaban J connectivity index is 1.78. The molecule has 1 saturated heterocycles. The Kier molecular flexibility index (Phi) is 2.51. The summed E-state index contributed by atoms with van der Waals surface area (Å²) in [4.78, 5) is 0. The van der Waals surface area contributed by atoms with E-state index in [2.05, 4.69) is 37.4 Å². The quantitative estimate of drug-likeness (QED) is 0.731. The summed E-state index contributed by atoms with van der Waals surface area (Å²) in [5.74, 6) is 4.42. The lowest BCUT2D eigenvalue weighted by Gasteiger charge is -2.41. The van der Waals surface area contributed by atoms with Crippen LogP contribution in [-0.2, 0) is 0 Å². The molecule has 2 spiro atoms. The molecule has 4 rings (SSSR count). The first-order valence-electron chi connectivity index (χ1n) is 7.50. The van der Waals surface area contributed by atoms with Crippen LogP contribution in [0, 0.1) is 22.7 Å². The summed E-state index contributed by atoms with van der Waals surface area (Å²) in [7, 11) is 0. The van der Waals surface area contributed by atoms with Crippen molar-refractivity contribution in [1.82, 2.24) is 0 Å². The highest BCUT2D eigenvalue weighted by Crippen LogP contribution is 2.78. The van der Waals surface area contributed by atoms with Crippen molar-refractivity contribution in [2.75, 3.05) is 11.5 Å². The van der Waals surface area contributed by atoms with E-state index < -0.39 is 0 Å². The molecule has 1 N–H and O–H groups in total. The van der Waals surface area contributed by atoms with E-state index in [1.165, 1.54) is 37.2 Å². The van der Waals surface area contributed by atoms with Crippen molar-refractivity contribution < 1.29 is 5.11 Å². The molecule has 102 valence electrons. The molecule has 0 aromatic carbocycles. The standard InChI is InChI=1S/C15H24OS2/c1-10-11-3-5-13(2)12(16)4-6-14(11,13)9-15(10)17-7-8-18-15/h10-12,16H,3-9H2,1-2H3. The lowest BCUT2D eigenvalue weighted by atomic mass is 9.65. The average molecular weight is 284 g/mol. The zero-order valence-corrected chi connectivity index (χ0v) is 13.1. The van der Waals surface area contributed by atoms with Crippen LogP contribution in [0.4, 0.5) is 0 Å². The van der Waals surface area contributed by atoms with Gasteiger partial charge in [0.05, 0.1) is 10.2 Å². The number of rotatable bonds is 0. The number of aliphatic hydroxyl groups is 1. The Morgan fingerprint density at radius 3 is 2.56 bits per heavy atom. The maximum atomic E-state index is 10.5. The van der Waals surface area contributed by atoms with Gasteiger partial charge in [0, 0.05) is 11.5 Å². The Morgan fingerprint density at radius 2 is 1.83 bits per heavy atom. The average Bonchev–Trinajstić information content (AvgIpc) is 3.02. The van der Waals surface area contributed by atoms with E-state index in [0.29, 0.717) is 9.49 Å². The molecular weight excluding hydrogens is 260 g/mol. The Morgan fingerprint density at radius 1 is 1.11 bits per heavy atom. The predicted molar refractivity (Wildman–Crippen MR) is 79.9 cm³/mol. The van der Waals surface area contributed by atoms with E-state index in [4.69, 9.17) is 0 Å². The maximum Gasteiger partial charge on any atom is 0.0645 e. The van der Waals surface area contributed by atoms with E-state index >= 15 is 0 Å². The van der Waals surface area contributed by atoms with E-state index in [9.17, 15) is 5.11 Å². The van der Waals surface area contributed by atoms with E-state index in [-0.39, 0.29) is 11.5 Å². The van der Waals surface area contributed by atoms with Crippen LogP contribution < -0.4 is 0 Å². The van der Waals surface area contributed by atoms with Crippen molar-refractivity contribution in [2.24, 2.45) is 22.7 Å². The third kappa shape index (κ3) is 1.19. The molecule has 5 unspecified atom stereocenters. The molecule has 3 aliphatic carbocycles. The summed E-state index contributed by atoms with van der Waals surface area (Å²) in [6.45, 7) is 4.92. The minimum Gasteiger partial charge on any atom is -0.393 e. The molecular formula is C15H24OS2. The highest BCUT2D eigenvalue weighted by Gasteiger charge is 2.72. The third-order valence-electron chi connectivity index (χ3n) is 7.06. The zero-order chi connectivity index (χ0) is 12.6. The third-order valence-corrected chi connectivity index (χ3v) is 10.8. The molecule has 0 radical (unpaired) electrons. The molecule has 4 aliphatic rings. The van der Waals surface area contributed by atoms with Gasteiger partial charge in [0.2, 0.25) is 0 Å². The second-order valence-electron chi connectivity index (χ2n) is 7.25. The van der Waals surface area contributed by atoms with Gasteiger partial charge in [-0.1, -0.05) is 13.8 Å². The molecule has 1 aliphatic heterocycles. The number of hydrogen-bond donors (Lipinski definition) is 1. The minimum absolute atomic E-state index is 0.0266. The molecule has 0 bridgehead atoms. The fourth-order valence-corrected chi connectivity index (χ4v) is 9.74. The van der Waals surface area contributed by atoms with Gasteiger partial charge in [-0.2, -0.15) is 0 Å². The van der Waals surface area contributed by atoms with Crippen LogP contribution in [0.2, 0.25) is 0 Å². The minimum atomic E-state index is -0.0266. The first-order valence-corrected chi connectivity index (χ1v) is 9.47. The van der Waals surface area contributed by atoms with Gasteiger partial charge in [0.25, 0.3) is 0 Å². The molecule has 0 amide bonds. The first kappa shape index (κ1) is 12.4. The maximum absolute atomic E-state index is 10.5. The van der Waals surface area contributed by atoms with Crippen molar-refractivity contribution in [3.63, 3.8) is 0 Å². The van der Waals surface area contributed by atoms with E-state index in [1.54, 1.807) is 0 Å². The molecule has 0 aromatic heterocycles. The van der Waals surface area contributed by atoms with Crippen LogP contribution in [0.25, 0.3) is 0 Å². The SMILES string of the molecule is CC1C2CCC3(C)C(O)CCC23CC12SCCS2. The zero-order valence-electron chi connectivity index (χ0n) is 11.4. The number of aliphatic hydroxyl groups excluding tert-OH is 1. The van der Waals surface area contributed by atoms with Crippen LogP contribution in [0.1, 0.15) is 46.0 Å². The molecule has 4 fully saturated rings. The van der Waals surface area contributed by atoms with Crippen molar-refractivity contribution in [3.8, 4) is 0 Å². The van der Waals surface area contributed by atoms with Gasteiger partial charge in [0.1, 0.15) is 0 Å². The largest absolute Gasteiger partial charge is 0.393 e. The van der Waals surface area contributed by atoms with Gasteiger partial charge < -0.3 is 5.11 Å². The summed E-state index contributed by atoms with van der Waals surface area (Å²) in [6.07, 6.45) is 6.36. The second kappa shape index (κ2) is 3.65. The van der Waals surface area contributed by atoms with Crippen molar-refractivity contribution in [3.05, 3.63) is 0 Å². The number of thioether (sulfide) groups is 2. The Hall–Kier alpha value is 0.660. The van der Waals surface area contributed by atoms with Gasteiger partial charge in [-0.25, -0.2) is 0 Å². The summed E-state index contributed by atoms with van der Waals surface area (Å²) < 4.78 is 0.510. The molecule has 5 atom stereocenters. The van der Waals surface area contributed by atoms with Crippen LogP contribution in [0.5, 0.6) is 0 Å². The highest BCUT2D eigenvalue weighted by atomic mass is 32.2. The second-order valence-corrected chi connectivity index (χ2v) is 10.4. The van der Waals surface area contributed by atoms with Crippen molar-refractivity contribution in [2.45, 2.75) is 56.1 Å². The monoisotopic (exact) mass is 284 g/mol. The molecule has 3 heteroatoms. The smallest absolute Gasteiger partial charge is 0.0645 e. The lowest BCUT2D eigenvalue weighted by Crippen LogP contribution is -2.38. The van der Waals surface area contributed by atoms with Crippen molar-refractivity contribution in [1.29, 1.82) is 0 Å². The molecule has 0 aromatic rings. The predicted octanol–water partition coefficient (Wildman–Crippen LogP) is 3.76. The summed E-state index contributed by atoms with van der Waals surface area (Å²) >= 11 is 4.48. The van der Waals surface area contributed by atoms with Gasteiger partial charge in [-0.05, 0) is 54.8 Å². The van der Waals surface area contributed by atoms with Crippen LogP contribution in [0.3, 0.4) is 0 Å². The molecule has 1 nitrogen and oxygen atoms in total. The summed E-state index contributed by atoms with van der Waals surface area (Å²) in [6, 6.07) is 0. The van der Waals surface area contributed by atoms with Gasteiger partial charge in [-0.15, -0.1) is 23.5 Å². The number of hydrogen-bond acceptors (Lipinski definition) is 3. The van der Waals surface area contributed by atoms with Crippen LogP contribution in [0.15, 0.2) is 0 Å². The summed E-state index contributed by atoms with van der Waals surface area (Å²) in [5, 5.41) is 10.5. The van der Waals surface area contributed by atoms with Crippen LogP contribution in [-0.4, -0.2) is 26.8 Å². The molecule has 18 heavy (non-hydrogen) atoms. The Labute approximate surface area is 119 Å². The van der Waals surface area contributed by atoms with Gasteiger partial charge in [-0.3, -0.25) is 0 Å². The normalized spacial score (nSPS) is 57.2. The van der Waals surface area contributed by atoms with E-state index in [1.807, 2.05) is 0 Å². The molecule has 1 heterocycles. The van der Waals surface area contributed by atoms with Crippen molar-refractivity contribution >= 4 is 23.5 Å². The first-order chi connectivity index (χ1) is 8.54. The fourth-order valence-electron chi connectivity index (χ4n) is 5.98. The van der Waals surface area contributed by atoms with E-state index in [0.717, 1.165) is 18.3 Å². The van der Waals surface area contributed by atoms with Gasteiger partial charge in [0.15, 0.2) is 0 Å². The fraction of sp³-hybridized carbons (Fsp3) is 1.00. The topological polar surface area (TPSA) is 20.2 Å². The summed E-state index contributed by atoms with van der Waals surface area (Å²) in [5.41, 5.74) is 0.718.